The monoisotopic (exact) mass is 283 g/mol. The lowest BCUT2D eigenvalue weighted by molar-refractivity contribution is -0.384. The van der Waals surface area contributed by atoms with Gasteiger partial charge in [-0.3, -0.25) is 10.1 Å². The molecule has 0 radical (unpaired) electrons. The van der Waals surface area contributed by atoms with E-state index in [1.807, 2.05) is 0 Å². The molecule has 1 aromatic heterocycles. The molecule has 0 aliphatic heterocycles. The van der Waals surface area contributed by atoms with Gasteiger partial charge in [-0.05, 0) is 22.0 Å². The fourth-order valence-electron chi connectivity index (χ4n) is 1.18. The summed E-state index contributed by atoms with van der Waals surface area (Å²) < 4.78 is 2.04. The number of halogens is 1. The van der Waals surface area contributed by atoms with Crippen LogP contribution in [0.25, 0.3) is 5.69 Å². The molecule has 0 saturated heterocycles. The fraction of sp³-hybridized carbons (Fsp3) is 0. The lowest BCUT2D eigenvalue weighted by Gasteiger charge is -2.02. The van der Waals surface area contributed by atoms with Crippen molar-refractivity contribution in [3.05, 3.63) is 39.0 Å². The molecule has 1 heterocycles. The number of hydrogen-bond donors (Lipinski definition) is 1. The summed E-state index contributed by atoms with van der Waals surface area (Å²) in [6.45, 7) is 0. The van der Waals surface area contributed by atoms with Gasteiger partial charge >= 0.3 is 0 Å². The number of nitrogens with two attached hydrogens (primary N) is 1. The van der Waals surface area contributed by atoms with E-state index in [1.54, 1.807) is 6.07 Å². The molecular formula is C8H6BrN5O2. The van der Waals surface area contributed by atoms with Crippen LogP contribution in [0.2, 0.25) is 0 Å². The topological polar surface area (TPSA) is 99.9 Å². The normalized spacial score (nSPS) is 10.3. The molecule has 82 valence electrons. The van der Waals surface area contributed by atoms with Crippen molar-refractivity contribution in [1.82, 2.24) is 15.0 Å². The molecule has 0 amide bonds. The summed E-state index contributed by atoms with van der Waals surface area (Å²) >= 11 is 3.27. The van der Waals surface area contributed by atoms with Crippen LogP contribution in [0.1, 0.15) is 0 Å². The van der Waals surface area contributed by atoms with E-state index >= 15 is 0 Å². The van der Waals surface area contributed by atoms with Gasteiger partial charge in [0.2, 0.25) is 0 Å². The van der Waals surface area contributed by atoms with Gasteiger partial charge in [-0.1, -0.05) is 5.21 Å². The van der Waals surface area contributed by atoms with E-state index in [0.717, 1.165) is 0 Å². The molecule has 1 aromatic carbocycles. The molecule has 16 heavy (non-hydrogen) atoms. The van der Waals surface area contributed by atoms with Gasteiger partial charge in [-0.25, -0.2) is 4.68 Å². The van der Waals surface area contributed by atoms with E-state index < -0.39 is 4.92 Å². The van der Waals surface area contributed by atoms with Crippen LogP contribution in [0.3, 0.4) is 0 Å². The van der Waals surface area contributed by atoms with E-state index in [1.165, 1.54) is 23.0 Å². The molecule has 2 N–H and O–H groups in total. The SMILES string of the molecule is Nc1cn(-c2cc([N+](=O)[O-])ccc2Br)nn1. The summed E-state index contributed by atoms with van der Waals surface area (Å²) in [7, 11) is 0. The third kappa shape index (κ3) is 1.87. The fourth-order valence-corrected chi connectivity index (χ4v) is 1.61. The first-order valence-corrected chi connectivity index (χ1v) is 4.99. The Balaban J connectivity index is 2.55. The van der Waals surface area contributed by atoms with Gasteiger partial charge in [-0.15, -0.1) is 5.10 Å². The summed E-state index contributed by atoms with van der Waals surface area (Å²) in [5.41, 5.74) is 5.91. The highest BCUT2D eigenvalue weighted by Crippen LogP contribution is 2.25. The van der Waals surface area contributed by atoms with Crippen molar-refractivity contribution in [3.8, 4) is 5.69 Å². The van der Waals surface area contributed by atoms with E-state index in [-0.39, 0.29) is 11.5 Å². The van der Waals surface area contributed by atoms with Gasteiger partial charge in [0.05, 0.1) is 16.8 Å². The Hall–Kier alpha value is -1.96. The van der Waals surface area contributed by atoms with Crippen molar-refractivity contribution in [2.45, 2.75) is 0 Å². The highest BCUT2D eigenvalue weighted by Gasteiger charge is 2.11. The second-order valence-corrected chi connectivity index (χ2v) is 3.84. The molecule has 2 aromatic rings. The molecule has 0 unspecified atom stereocenters. The summed E-state index contributed by atoms with van der Waals surface area (Å²) in [4.78, 5) is 10.1. The molecule has 2 rings (SSSR count). The Morgan fingerprint density at radius 2 is 2.25 bits per heavy atom. The van der Waals surface area contributed by atoms with Crippen LogP contribution in [0.5, 0.6) is 0 Å². The Morgan fingerprint density at radius 3 is 2.81 bits per heavy atom. The maximum atomic E-state index is 10.6. The van der Waals surface area contributed by atoms with E-state index in [0.29, 0.717) is 10.2 Å². The standard InChI is InChI=1S/C8H6BrN5O2/c9-6-2-1-5(14(15)16)3-7(6)13-4-8(10)11-12-13/h1-4H,10H2. The second-order valence-electron chi connectivity index (χ2n) is 2.98. The van der Waals surface area contributed by atoms with Crippen LogP contribution in [0.4, 0.5) is 11.5 Å². The lowest BCUT2D eigenvalue weighted by Crippen LogP contribution is -1.98. The second kappa shape index (κ2) is 3.89. The van der Waals surface area contributed by atoms with Gasteiger partial charge in [0.15, 0.2) is 5.82 Å². The number of nitrogen functional groups attached to an aromatic ring is 1. The zero-order valence-electron chi connectivity index (χ0n) is 7.87. The zero-order valence-corrected chi connectivity index (χ0v) is 9.46. The first-order chi connectivity index (χ1) is 7.58. The Bertz CT molecular complexity index is 553. The van der Waals surface area contributed by atoms with Gasteiger partial charge in [-0.2, -0.15) is 0 Å². The molecule has 8 heteroatoms. The van der Waals surface area contributed by atoms with Crippen LogP contribution in [-0.2, 0) is 0 Å². The van der Waals surface area contributed by atoms with E-state index in [4.69, 9.17) is 5.73 Å². The molecule has 0 aliphatic carbocycles. The average molecular weight is 284 g/mol. The third-order valence-electron chi connectivity index (χ3n) is 1.90. The van der Waals surface area contributed by atoms with Crippen molar-refractivity contribution in [2.24, 2.45) is 0 Å². The third-order valence-corrected chi connectivity index (χ3v) is 2.57. The summed E-state index contributed by atoms with van der Waals surface area (Å²) in [5, 5.41) is 18.0. The highest BCUT2D eigenvalue weighted by molar-refractivity contribution is 9.10. The minimum absolute atomic E-state index is 0.0210. The first kappa shape index (κ1) is 10.6. The number of nitro benzene ring substituents is 1. The first-order valence-electron chi connectivity index (χ1n) is 4.20. The molecule has 0 bridgehead atoms. The van der Waals surface area contributed by atoms with E-state index in [9.17, 15) is 10.1 Å². The minimum atomic E-state index is -0.476. The van der Waals surface area contributed by atoms with Crippen LogP contribution < -0.4 is 5.73 Å². The van der Waals surface area contributed by atoms with Crippen LogP contribution >= 0.6 is 15.9 Å². The van der Waals surface area contributed by atoms with Crippen LogP contribution in [0.15, 0.2) is 28.9 Å². The molecule has 0 spiro atoms. The highest BCUT2D eigenvalue weighted by atomic mass is 79.9. The summed E-state index contributed by atoms with van der Waals surface area (Å²) in [6, 6.07) is 4.36. The smallest absolute Gasteiger partial charge is 0.271 e. The maximum absolute atomic E-state index is 10.6. The minimum Gasteiger partial charge on any atom is -0.381 e. The van der Waals surface area contributed by atoms with Crippen LogP contribution in [-0.4, -0.2) is 19.9 Å². The average Bonchev–Trinajstić information content (AvgIpc) is 2.65. The number of benzene rings is 1. The zero-order chi connectivity index (χ0) is 11.7. The molecule has 7 nitrogen and oxygen atoms in total. The molecule has 0 aliphatic rings. The summed E-state index contributed by atoms with van der Waals surface area (Å²) in [6.07, 6.45) is 1.48. The van der Waals surface area contributed by atoms with Gasteiger partial charge < -0.3 is 5.73 Å². The number of non-ortho nitro benzene ring substituents is 1. The van der Waals surface area contributed by atoms with Crippen molar-refractivity contribution in [1.29, 1.82) is 0 Å². The number of hydrogen-bond acceptors (Lipinski definition) is 5. The predicted molar refractivity (Wildman–Crippen MR) is 60.1 cm³/mol. The van der Waals surface area contributed by atoms with Gasteiger partial charge in [0, 0.05) is 16.6 Å². The number of anilines is 1. The number of nitrogens with zero attached hydrogens (tertiary/aromatic N) is 4. The Morgan fingerprint density at radius 1 is 1.50 bits per heavy atom. The Kier molecular flexibility index (Phi) is 2.57. The maximum Gasteiger partial charge on any atom is 0.271 e. The van der Waals surface area contributed by atoms with Crippen molar-refractivity contribution >= 4 is 27.4 Å². The van der Waals surface area contributed by atoms with Crippen LogP contribution in [0, 0.1) is 10.1 Å². The van der Waals surface area contributed by atoms with Crippen molar-refractivity contribution < 1.29 is 4.92 Å². The molecule has 0 saturated carbocycles. The van der Waals surface area contributed by atoms with Crippen molar-refractivity contribution in [2.75, 3.05) is 5.73 Å². The quantitative estimate of drug-likeness (QED) is 0.665. The molecule has 0 atom stereocenters. The van der Waals surface area contributed by atoms with Gasteiger partial charge in [0.25, 0.3) is 5.69 Å². The van der Waals surface area contributed by atoms with Gasteiger partial charge in [0.1, 0.15) is 0 Å². The number of aromatic nitrogens is 3. The van der Waals surface area contributed by atoms with E-state index in [2.05, 4.69) is 26.2 Å². The van der Waals surface area contributed by atoms with Crippen molar-refractivity contribution in [3.63, 3.8) is 0 Å². The lowest BCUT2D eigenvalue weighted by atomic mass is 10.3. The number of nitro groups is 1. The summed E-state index contributed by atoms with van der Waals surface area (Å²) in [5.74, 6) is 0.249. The number of rotatable bonds is 2. The predicted octanol–water partition coefficient (Wildman–Crippen LogP) is 1.52. The Labute approximate surface area is 98.1 Å². The largest absolute Gasteiger partial charge is 0.381 e. The molecule has 0 fully saturated rings. The molecular weight excluding hydrogens is 278 g/mol.